The molecule has 2 unspecified atom stereocenters. The third-order valence-corrected chi connectivity index (χ3v) is 6.13. The lowest BCUT2D eigenvalue weighted by Gasteiger charge is -2.29. The molecule has 3 nitrogen and oxygen atoms in total. The molecule has 0 bridgehead atoms. The van der Waals surface area contributed by atoms with Gasteiger partial charge in [0.1, 0.15) is 12.4 Å². The van der Waals surface area contributed by atoms with E-state index >= 15 is 0 Å². The topological polar surface area (TPSA) is 27.7 Å². The van der Waals surface area contributed by atoms with E-state index in [1.807, 2.05) is 31.2 Å². The monoisotopic (exact) mass is 446 g/mol. The molecule has 0 saturated carbocycles. The van der Waals surface area contributed by atoms with Crippen LogP contribution in [0.5, 0.6) is 11.5 Å². The minimum Gasteiger partial charge on any atom is -0.490 e. The Balaban J connectivity index is 1.48. The first-order chi connectivity index (χ1) is 15.6. The average Bonchev–Trinajstić information content (AvgIpc) is 2.82. The van der Waals surface area contributed by atoms with Crippen molar-refractivity contribution in [3.63, 3.8) is 0 Å². The summed E-state index contributed by atoms with van der Waals surface area (Å²) in [4.78, 5) is 0. The van der Waals surface area contributed by atoms with Crippen molar-refractivity contribution in [1.29, 1.82) is 0 Å². The Bertz CT molecular complexity index is 814. The van der Waals surface area contributed by atoms with E-state index in [9.17, 15) is 8.78 Å². The maximum absolute atomic E-state index is 14.4. The van der Waals surface area contributed by atoms with Gasteiger partial charge >= 0.3 is 0 Å². The van der Waals surface area contributed by atoms with Crippen LogP contribution in [-0.2, 0) is 11.3 Å². The maximum Gasteiger partial charge on any atom is 0.201 e. The SMILES string of the molecule is CCCCCC1CCC(c2ccc(OCc3ccc(OCCCC)c(F)c3F)cc2)CO1. The van der Waals surface area contributed by atoms with E-state index in [-0.39, 0.29) is 17.9 Å². The smallest absolute Gasteiger partial charge is 0.201 e. The van der Waals surface area contributed by atoms with Crippen molar-refractivity contribution in [2.45, 2.75) is 83.8 Å². The molecule has 0 amide bonds. The van der Waals surface area contributed by atoms with Gasteiger partial charge in [-0.3, -0.25) is 0 Å². The number of benzene rings is 2. The molecule has 1 heterocycles. The van der Waals surface area contributed by atoms with Crippen LogP contribution in [0.4, 0.5) is 8.78 Å². The van der Waals surface area contributed by atoms with Gasteiger partial charge in [-0.15, -0.1) is 0 Å². The lowest BCUT2D eigenvalue weighted by Crippen LogP contribution is -2.24. The summed E-state index contributed by atoms with van der Waals surface area (Å²) in [6.07, 6.45) is 9.30. The van der Waals surface area contributed by atoms with Gasteiger partial charge in [-0.25, -0.2) is 4.39 Å². The molecular formula is C27H36F2O3. The van der Waals surface area contributed by atoms with Crippen LogP contribution in [0.25, 0.3) is 0 Å². The second kappa shape index (κ2) is 12.8. The summed E-state index contributed by atoms with van der Waals surface area (Å²) in [6.45, 7) is 5.33. The number of halogens is 2. The normalized spacial score (nSPS) is 18.5. The van der Waals surface area contributed by atoms with Crippen LogP contribution in [0.2, 0.25) is 0 Å². The number of hydrogen-bond acceptors (Lipinski definition) is 3. The van der Waals surface area contributed by atoms with E-state index in [0.717, 1.165) is 38.7 Å². The standard InChI is InChI=1S/C27H36F2O3/c1-3-5-7-8-23-15-11-21(18-31-23)20-9-13-24(14-10-20)32-19-22-12-16-25(27(29)26(22)28)30-17-6-4-2/h9-10,12-14,16,21,23H,3-8,11,15,17-19H2,1-2H3. The highest BCUT2D eigenvalue weighted by Crippen LogP contribution is 2.31. The fourth-order valence-electron chi connectivity index (χ4n) is 4.04. The second-order valence-corrected chi connectivity index (χ2v) is 8.64. The molecule has 1 fully saturated rings. The molecule has 2 aromatic carbocycles. The summed E-state index contributed by atoms with van der Waals surface area (Å²) in [7, 11) is 0. The summed E-state index contributed by atoms with van der Waals surface area (Å²) in [5.41, 5.74) is 1.40. The second-order valence-electron chi connectivity index (χ2n) is 8.64. The molecule has 1 saturated heterocycles. The molecule has 32 heavy (non-hydrogen) atoms. The largest absolute Gasteiger partial charge is 0.490 e. The Morgan fingerprint density at radius 3 is 2.34 bits per heavy atom. The zero-order chi connectivity index (χ0) is 22.8. The molecule has 0 radical (unpaired) electrons. The molecule has 5 heteroatoms. The third kappa shape index (κ3) is 6.93. The fourth-order valence-corrected chi connectivity index (χ4v) is 4.04. The quantitative estimate of drug-likeness (QED) is 0.315. The summed E-state index contributed by atoms with van der Waals surface area (Å²) in [5.74, 6) is -0.887. The van der Waals surface area contributed by atoms with Crippen LogP contribution in [-0.4, -0.2) is 19.3 Å². The van der Waals surface area contributed by atoms with Gasteiger partial charge in [0.2, 0.25) is 5.82 Å². The first kappa shape index (κ1) is 24.5. The molecule has 2 aromatic rings. The van der Waals surface area contributed by atoms with Gasteiger partial charge < -0.3 is 14.2 Å². The van der Waals surface area contributed by atoms with Crippen LogP contribution in [0.15, 0.2) is 36.4 Å². The van der Waals surface area contributed by atoms with E-state index in [4.69, 9.17) is 14.2 Å². The van der Waals surface area contributed by atoms with E-state index in [2.05, 4.69) is 6.92 Å². The highest BCUT2D eigenvalue weighted by Gasteiger charge is 2.22. The van der Waals surface area contributed by atoms with Gasteiger partial charge in [-0.2, -0.15) is 4.39 Å². The number of hydrogen-bond donors (Lipinski definition) is 0. The molecule has 1 aliphatic heterocycles. The molecule has 0 spiro atoms. The number of unbranched alkanes of at least 4 members (excludes halogenated alkanes) is 3. The van der Waals surface area contributed by atoms with Crippen molar-refractivity contribution in [1.82, 2.24) is 0 Å². The number of rotatable bonds is 12. The van der Waals surface area contributed by atoms with Crippen LogP contribution < -0.4 is 9.47 Å². The zero-order valence-electron chi connectivity index (χ0n) is 19.4. The number of ether oxygens (including phenoxy) is 3. The maximum atomic E-state index is 14.4. The van der Waals surface area contributed by atoms with Gasteiger partial charge in [-0.1, -0.05) is 51.7 Å². The lowest BCUT2D eigenvalue weighted by atomic mass is 9.90. The van der Waals surface area contributed by atoms with Crippen LogP contribution in [0.3, 0.4) is 0 Å². The molecule has 0 aromatic heterocycles. The molecule has 0 N–H and O–H groups in total. The van der Waals surface area contributed by atoms with Crippen molar-refractivity contribution < 1.29 is 23.0 Å². The average molecular weight is 447 g/mol. The summed E-state index contributed by atoms with van der Waals surface area (Å²) < 4.78 is 45.7. The van der Waals surface area contributed by atoms with E-state index < -0.39 is 11.6 Å². The Morgan fingerprint density at radius 2 is 1.66 bits per heavy atom. The van der Waals surface area contributed by atoms with Crippen molar-refractivity contribution in [2.24, 2.45) is 0 Å². The van der Waals surface area contributed by atoms with Gasteiger partial charge in [-0.05, 0) is 55.5 Å². The van der Waals surface area contributed by atoms with Gasteiger partial charge in [0.25, 0.3) is 0 Å². The van der Waals surface area contributed by atoms with Gasteiger partial charge in [0.15, 0.2) is 11.6 Å². The van der Waals surface area contributed by atoms with Gasteiger partial charge in [0, 0.05) is 11.5 Å². The van der Waals surface area contributed by atoms with Crippen molar-refractivity contribution in [3.05, 3.63) is 59.2 Å². The Kier molecular flexibility index (Phi) is 9.79. The molecule has 3 rings (SSSR count). The molecule has 0 aliphatic carbocycles. The summed E-state index contributed by atoms with van der Waals surface area (Å²) in [6, 6.07) is 10.8. The van der Waals surface area contributed by atoms with Crippen LogP contribution >= 0.6 is 0 Å². The van der Waals surface area contributed by atoms with E-state index in [1.165, 1.54) is 37.0 Å². The minimum absolute atomic E-state index is 0.0384. The van der Waals surface area contributed by atoms with Crippen molar-refractivity contribution in [2.75, 3.05) is 13.2 Å². The highest BCUT2D eigenvalue weighted by atomic mass is 19.2. The predicted octanol–water partition coefficient (Wildman–Crippen LogP) is 7.57. The molecular weight excluding hydrogens is 410 g/mol. The molecule has 1 aliphatic rings. The Morgan fingerprint density at radius 1 is 0.875 bits per heavy atom. The fraction of sp³-hybridized carbons (Fsp3) is 0.556. The molecule has 176 valence electrons. The highest BCUT2D eigenvalue weighted by molar-refractivity contribution is 5.33. The van der Waals surface area contributed by atoms with Gasteiger partial charge in [0.05, 0.1) is 19.3 Å². The van der Waals surface area contributed by atoms with Crippen LogP contribution in [0.1, 0.15) is 82.3 Å². The summed E-state index contributed by atoms with van der Waals surface area (Å²) >= 11 is 0. The third-order valence-electron chi connectivity index (χ3n) is 6.13. The predicted molar refractivity (Wildman–Crippen MR) is 123 cm³/mol. The first-order valence-electron chi connectivity index (χ1n) is 12.1. The lowest BCUT2D eigenvalue weighted by molar-refractivity contribution is -0.00208. The molecule has 2 atom stereocenters. The minimum atomic E-state index is -0.956. The summed E-state index contributed by atoms with van der Waals surface area (Å²) in [5, 5.41) is 0. The van der Waals surface area contributed by atoms with Crippen molar-refractivity contribution >= 4 is 0 Å². The zero-order valence-corrected chi connectivity index (χ0v) is 19.4. The van der Waals surface area contributed by atoms with Crippen LogP contribution in [0, 0.1) is 11.6 Å². The Hall–Kier alpha value is -2.14. The Labute approximate surface area is 191 Å². The van der Waals surface area contributed by atoms with E-state index in [0.29, 0.717) is 24.4 Å². The first-order valence-corrected chi connectivity index (χ1v) is 12.1. The van der Waals surface area contributed by atoms with Crippen molar-refractivity contribution in [3.8, 4) is 11.5 Å². The van der Waals surface area contributed by atoms with E-state index in [1.54, 1.807) is 0 Å².